The van der Waals surface area contributed by atoms with E-state index in [9.17, 15) is 0 Å². The molecular weight excluding hydrogens is 210 g/mol. The lowest BCUT2D eigenvalue weighted by Gasteiger charge is -2.32. The third-order valence-corrected chi connectivity index (χ3v) is 3.62. The molecule has 1 aliphatic rings. The molecule has 3 nitrogen and oxygen atoms in total. The van der Waals surface area contributed by atoms with Gasteiger partial charge in [-0.3, -0.25) is 4.98 Å². The van der Waals surface area contributed by atoms with Gasteiger partial charge < -0.3 is 10.2 Å². The molecule has 0 bridgehead atoms. The minimum absolute atomic E-state index is 0.612. The molecule has 1 aromatic rings. The highest BCUT2D eigenvalue weighted by Gasteiger charge is 2.18. The van der Waals surface area contributed by atoms with Crippen LogP contribution in [-0.4, -0.2) is 35.6 Å². The minimum atomic E-state index is 0.612. The first kappa shape index (κ1) is 12.4. The first-order valence-electron chi connectivity index (χ1n) is 6.62. The molecule has 2 heterocycles. The van der Waals surface area contributed by atoms with Crippen molar-refractivity contribution in [3.05, 3.63) is 23.5 Å². The fourth-order valence-electron chi connectivity index (χ4n) is 2.45. The van der Waals surface area contributed by atoms with Crippen molar-refractivity contribution in [1.29, 1.82) is 0 Å². The quantitative estimate of drug-likeness (QED) is 0.870. The van der Waals surface area contributed by atoms with Gasteiger partial charge >= 0.3 is 0 Å². The summed E-state index contributed by atoms with van der Waals surface area (Å²) in [5, 5.41) is 3.63. The van der Waals surface area contributed by atoms with E-state index < -0.39 is 0 Å². The SMILES string of the molecule is CCN1CCC(Nc2ccc(C)nc2C)CC1. The summed E-state index contributed by atoms with van der Waals surface area (Å²) in [5.41, 5.74) is 3.40. The number of piperidine rings is 1. The lowest BCUT2D eigenvalue weighted by molar-refractivity contribution is 0.229. The van der Waals surface area contributed by atoms with Gasteiger partial charge in [0.15, 0.2) is 0 Å². The zero-order valence-corrected chi connectivity index (χ0v) is 11.2. The van der Waals surface area contributed by atoms with Crippen molar-refractivity contribution in [1.82, 2.24) is 9.88 Å². The molecule has 1 aliphatic heterocycles. The average molecular weight is 233 g/mol. The van der Waals surface area contributed by atoms with Gasteiger partial charge in [0.2, 0.25) is 0 Å². The number of rotatable bonds is 3. The third-order valence-electron chi connectivity index (χ3n) is 3.62. The summed E-state index contributed by atoms with van der Waals surface area (Å²) >= 11 is 0. The molecule has 2 rings (SSSR count). The number of hydrogen-bond acceptors (Lipinski definition) is 3. The molecule has 0 aromatic carbocycles. The normalized spacial score (nSPS) is 18.3. The molecule has 0 radical (unpaired) electrons. The van der Waals surface area contributed by atoms with E-state index in [2.05, 4.69) is 41.2 Å². The zero-order valence-electron chi connectivity index (χ0n) is 11.2. The fraction of sp³-hybridized carbons (Fsp3) is 0.643. The highest BCUT2D eigenvalue weighted by Crippen LogP contribution is 2.18. The van der Waals surface area contributed by atoms with Gasteiger partial charge in [-0.1, -0.05) is 6.92 Å². The number of anilines is 1. The summed E-state index contributed by atoms with van der Waals surface area (Å²) < 4.78 is 0. The summed E-state index contributed by atoms with van der Waals surface area (Å²) in [6.45, 7) is 9.96. The van der Waals surface area contributed by atoms with Gasteiger partial charge in [0.1, 0.15) is 0 Å². The monoisotopic (exact) mass is 233 g/mol. The van der Waals surface area contributed by atoms with Gasteiger partial charge in [-0.05, 0) is 45.4 Å². The maximum Gasteiger partial charge on any atom is 0.0606 e. The molecule has 0 amide bonds. The number of hydrogen-bond donors (Lipinski definition) is 1. The largest absolute Gasteiger partial charge is 0.381 e. The molecule has 1 aromatic heterocycles. The van der Waals surface area contributed by atoms with Crippen LogP contribution in [0.15, 0.2) is 12.1 Å². The third kappa shape index (κ3) is 3.19. The number of aryl methyl sites for hydroxylation is 2. The Labute approximate surface area is 104 Å². The van der Waals surface area contributed by atoms with Crippen LogP contribution in [0.2, 0.25) is 0 Å². The molecule has 0 atom stereocenters. The second-order valence-corrected chi connectivity index (χ2v) is 4.94. The van der Waals surface area contributed by atoms with Crippen LogP contribution < -0.4 is 5.32 Å². The predicted octanol–water partition coefficient (Wildman–Crippen LogP) is 2.59. The zero-order chi connectivity index (χ0) is 12.3. The standard InChI is InChI=1S/C14H23N3/c1-4-17-9-7-13(8-10-17)16-14-6-5-11(2)15-12(14)3/h5-6,13,16H,4,7-10H2,1-3H3. The lowest BCUT2D eigenvalue weighted by atomic mass is 10.0. The number of likely N-dealkylation sites (tertiary alicyclic amines) is 1. The van der Waals surface area contributed by atoms with Crippen molar-refractivity contribution in [3.63, 3.8) is 0 Å². The maximum atomic E-state index is 4.50. The molecule has 0 aliphatic carbocycles. The van der Waals surface area contributed by atoms with Crippen molar-refractivity contribution in [3.8, 4) is 0 Å². The van der Waals surface area contributed by atoms with Gasteiger partial charge in [-0.25, -0.2) is 0 Å². The predicted molar refractivity (Wildman–Crippen MR) is 72.5 cm³/mol. The van der Waals surface area contributed by atoms with Crippen LogP contribution in [0.25, 0.3) is 0 Å². The first-order chi connectivity index (χ1) is 8.19. The van der Waals surface area contributed by atoms with E-state index in [0.717, 1.165) is 11.4 Å². The average Bonchev–Trinajstić information content (AvgIpc) is 2.34. The van der Waals surface area contributed by atoms with E-state index in [4.69, 9.17) is 0 Å². The van der Waals surface area contributed by atoms with E-state index in [1.807, 2.05) is 6.92 Å². The van der Waals surface area contributed by atoms with Crippen molar-refractivity contribution >= 4 is 5.69 Å². The Morgan fingerprint density at radius 3 is 2.59 bits per heavy atom. The van der Waals surface area contributed by atoms with Crippen molar-refractivity contribution in [2.24, 2.45) is 0 Å². The first-order valence-corrected chi connectivity index (χ1v) is 6.62. The van der Waals surface area contributed by atoms with Gasteiger partial charge in [0, 0.05) is 24.8 Å². The van der Waals surface area contributed by atoms with E-state index in [-0.39, 0.29) is 0 Å². The van der Waals surface area contributed by atoms with Crippen LogP contribution in [-0.2, 0) is 0 Å². The van der Waals surface area contributed by atoms with Crippen LogP contribution in [0.4, 0.5) is 5.69 Å². The van der Waals surface area contributed by atoms with Crippen molar-refractivity contribution in [2.75, 3.05) is 25.0 Å². The van der Waals surface area contributed by atoms with Crippen LogP contribution in [0.1, 0.15) is 31.2 Å². The number of pyridine rings is 1. The maximum absolute atomic E-state index is 4.50. The highest BCUT2D eigenvalue weighted by molar-refractivity contribution is 5.48. The topological polar surface area (TPSA) is 28.2 Å². The highest BCUT2D eigenvalue weighted by atomic mass is 15.1. The van der Waals surface area contributed by atoms with Gasteiger partial charge in [-0.15, -0.1) is 0 Å². The molecule has 17 heavy (non-hydrogen) atoms. The Balaban J connectivity index is 1.93. The number of nitrogens with one attached hydrogen (secondary N) is 1. The number of aromatic nitrogens is 1. The molecule has 0 spiro atoms. The van der Waals surface area contributed by atoms with Crippen LogP contribution >= 0.6 is 0 Å². The number of nitrogens with zero attached hydrogens (tertiary/aromatic N) is 2. The molecule has 1 saturated heterocycles. The van der Waals surface area contributed by atoms with E-state index in [0.29, 0.717) is 6.04 Å². The molecule has 0 saturated carbocycles. The lowest BCUT2D eigenvalue weighted by Crippen LogP contribution is -2.39. The van der Waals surface area contributed by atoms with Crippen LogP contribution in [0.3, 0.4) is 0 Å². The Hall–Kier alpha value is -1.09. The molecule has 94 valence electrons. The van der Waals surface area contributed by atoms with Crippen molar-refractivity contribution in [2.45, 2.75) is 39.7 Å². The van der Waals surface area contributed by atoms with E-state index in [1.54, 1.807) is 0 Å². The second kappa shape index (κ2) is 5.50. The summed E-state index contributed by atoms with van der Waals surface area (Å²) in [7, 11) is 0. The smallest absolute Gasteiger partial charge is 0.0606 e. The molecular formula is C14H23N3. The molecule has 1 fully saturated rings. The van der Waals surface area contributed by atoms with E-state index in [1.165, 1.54) is 38.2 Å². The van der Waals surface area contributed by atoms with Crippen molar-refractivity contribution < 1.29 is 0 Å². The van der Waals surface area contributed by atoms with Gasteiger partial charge in [-0.2, -0.15) is 0 Å². The van der Waals surface area contributed by atoms with E-state index >= 15 is 0 Å². The summed E-state index contributed by atoms with van der Waals surface area (Å²) in [5.74, 6) is 0. The Morgan fingerprint density at radius 1 is 1.29 bits per heavy atom. The van der Waals surface area contributed by atoms with Crippen LogP contribution in [0, 0.1) is 13.8 Å². The minimum Gasteiger partial charge on any atom is -0.381 e. The Kier molecular flexibility index (Phi) is 4.00. The summed E-state index contributed by atoms with van der Waals surface area (Å²) in [4.78, 5) is 7.01. The fourth-order valence-corrected chi connectivity index (χ4v) is 2.45. The summed E-state index contributed by atoms with van der Waals surface area (Å²) in [6.07, 6.45) is 2.47. The molecule has 3 heteroatoms. The molecule has 0 unspecified atom stereocenters. The molecule has 1 N–H and O–H groups in total. The second-order valence-electron chi connectivity index (χ2n) is 4.94. The van der Waals surface area contributed by atoms with Crippen LogP contribution in [0.5, 0.6) is 0 Å². The Bertz CT molecular complexity index is 368. The summed E-state index contributed by atoms with van der Waals surface area (Å²) in [6, 6.07) is 4.85. The van der Waals surface area contributed by atoms with Gasteiger partial charge in [0.05, 0.1) is 11.4 Å². The Morgan fingerprint density at radius 2 is 2.00 bits per heavy atom. The van der Waals surface area contributed by atoms with Gasteiger partial charge in [0.25, 0.3) is 0 Å².